The van der Waals surface area contributed by atoms with E-state index in [2.05, 4.69) is 0 Å². The van der Waals surface area contributed by atoms with Gasteiger partial charge in [0.15, 0.2) is 0 Å². The molecule has 0 aromatic carbocycles. The summed E-state index contributed by atoms with van der Waals surface area (Å²) < 4.78 is 0. The molecule has 1 heterocycles. The monoisotopic (exact) mass is 187 g/mol. The first kappa shape index (κ1) is 9.98. The van der Waals surface area contributed by atoms with Gasteiger partial charge < -0.3 is 15.1 Å². The zero-order chi connectivity index (χ0) is 9.84. The number of hydrogen-bond donors (Lipinski definition) is 2. The van der Waals surface area contributed by atoms with Crippen molar-refractivity contribution in [2.45, 2.75) is 12.8 Å². The van der Waals surface area contributed by atoms with Gasteiger partial charge in [-0.2, -0.15) is 0 Å². The van der Waals surface area contributed by atoms with Gasteiger partial charge in [0.25, 0.3) is 0 Å². The quantitative estimate of drug-likeness (QED) is 0.612. The Bertz CT molecular complexity index is 216. The molecule has 13 heavy (non-hydrogen) atoms. The smallest absolute Gasteiger partial charge is 0.307 e. The van der Waals surface area contributed by atoms with Crippen molar-refractivity contribution in [3.8, 4) is 0 Å². The Kier molecular flexibility index (Phi) is 3.25. The van der Waals surface area contributed by atoms with Gasteiger partial charge in [0, 0.05) is 19.5 Å². The summed E-state index contributed by atoms with van der Waals surface area (Å²) in [6.45, 7) is 0.686. The minimum absolute atomic E-state index is 0.0648. The number of carboxylic acids is 1. The van der Waals surface area contributed by atoms with Crippen LogP contribution in [-0.4, -0.2) is 46.7 Å². The van der Waals surface area contributed by atoms with E-state index in [0.29, 0.717) is 19.5 Å². The van der Waals surface area contributed by atoms with E-state index < -0.39 is 11.9 Å². The summed E-state index contributed by atoms with van der Waals surface area (Å²) in [5, 5.41) is 17.3. The van der Waals surface area contributed by atoms with Gasteiger partial charge in [0.2, 0.25) is 5.91 Å². The molecular formula is C8H13NO4. The highest BCUT2D eigenvalue weighted by molar-refractivity contribution is 5.83. The summed E-state index contributed by atoms with van der Waals surface area (Å²) >= 11 is 0. The van der Waals surface area contributed by atoms with E-state index in [1.54, 1.807) is 0 Å². The zero-order valence-electron chi connectivity index (χ0n) is 7.27. The molecule has 0 aromatic rings. The molecule has 1 saturated heterocycles. The van der Waals surface area contributed by atoms with Crippen LogP contribution in [0.5, 0.6) is 0 Å². The first-order valence-electron chi connectivity index (χ1n) is 4.26. The molecule has 5 heteroatoms. The maximum absolute atomic E-state index is 11.3. The van der Waals surface area contributed by atoms with Crippen molar-refractivity contribution in [1.29, 1.82) is 0 Å². The molecule has 1 rings (SSSR count). The van der Waals surface area contributed by atoms with E-state index in [0.717, 1.165) is 0 Å². The number of hydrogen-bond acceptors (Lipinski definition) is 3. The SMILES string of the molecule is O=C(O)C1CCN(CCO)C(=O)C1. The van der Waals surface area contributed by atoms with Crippen molar-refractivity contribution in [3.05, 3.63) is 0 Å². The number of likely N-dealkylation sites (tertiary alicyclic amines) is 1. The highest BCUT2D eigenvalue weighted by Crippen LogP contribution is 2.17. The van der Waals surface area contributed by atoms with Crippen molar-refractivity contribution in [1.82, 2.24) is 4.90 Å². The van der Waals surface area contributed by atoms with E-state index in [1.165, 1.54) is 4.90 Å². The van der Waals surface area contributed by atoms with Crippen molar-refractivity contribution in [2.75, 3.05) is 19.7 Å². The Morgan fingerprint density at radius 1 is 1.62 bits per heavy atom. The standard InChI is InChI=1S/C8H13NO4/c10-4-3-9-2-1-6(8(12)13)5-7(9)11/h6,10H,1-5H2,(H,12,13). The Morgan fingerprint density at radius 2 is 2.31 bits per heavy atom. The highest BCUT2D eigenvalue weighted by Gasteiger charge is 2.29. The molecule has 1 fully saturated rings. The fourth-order valence-corrected chi connectivity index (χ4v) is 1.45. The Morgan fingerprint density at radius 3 is 2.77 bits per heavy atom. The number of amides is 1. The lowest BCUT2D eigenvalue weighted by Gasteiger charge is -2.29. The molecule has 0 bridgehead atoms. The number of rotatable bonds is 3. The fraction of sp³-hybridized carbons (Fsp3) is 0.750. The maximum Gasteiger partial charge on any atom is 0.307 e. The van der Waals surface area contributed by atoms with E-state index in [4.69, 9.17) is 10.2 Å². The maximum atomic E-state index is 11.3. The number of aliphatic carboxylic acids is 1. The lowest BCUT2D eigenvalue weighted by molar-refractivity contribution is -0.149. The van der Waals surface area contributed by atoms with E-state index in [1.807, 2.05) is 0 Å². The number of carbonyl (C=O) groups is 2. The second-order valence-corrected chi connectivity index (χ2v) is 3.13. The third-order valence-electron chi connectivity index (χ3n) is 2.24. The minimum atomic E-state index is -0.906. The highest BCUT2D eigenvalue weighted by atomic mass is 16.4. The molecule has 0 saturated carbocycles. The number of aliphatic hydroxyl groups excluding tert-OH is 1. The second-order valence-electron chi connectivity index (χ2n) is 3.13. The van der Waals surface area contributed by atoms with Gasteiger partial charge in [-0.25, -0.2) is 0 Å². The zero-order valence-corrected chi connectivity index (χ0v) is 7.27. The predicted octanol–water partition coefficient (Wildman–Crippen LogP) is -0.698. The largest absolute Gasteiger partial charge is 0.481 e. The van der Waals surface area contributed by atoms with Gasteiger partial charge >= 0.3 is 5.97 Å². The summed E-state index contributed by atoms with van der Waals surface area (Å²) in [5.74, 6) is -1.62. The number of carboxylic acid groups (broad SMARTS) is 1. The van der Waals surface area contributed by atoms with Gasteiger partial charge in [0.05, 0.1) is 12.5 Å². The van der Waals surface area contributed by atoms with Gasteiger partial charge in [-0.15, -0.1) is 0 Å². The van der Waals surface area contributed by atoms with Crippen LogP contribution in [-0.2, 0) is 9.59 Å². The molecule has 1 atom stereocenters. The van der Waals surface area contributed by atoms with Gasteiger partial charge in [-0.05, 0) is 6.42 Å². The van der Waals surface area contributed by atoms with Crippen LogP contribution in [0.1, 0.15) is 12.8 Å². The van der Waals surface area contributed by atoms with Crippen LogP contribution in [0.3, 0.4) is 0 Å². The summed E-state index contributed by atoms with van der Waals surface area (Å²) in [7, 11) is 0. The molecule has 1 aliphatic heterocycles. The topological polar surface area (TPSA) is 77.8 Å². The summed E-state index contributed by atoms with van der Waals surface area (Å²) in [6, 6.07) is 0. The van der Waals surface area contributed by atoms with Crippen LogP contribution >= 0.6 is 0 Å². The Hall–Kier alpha value is -1.10. The average Bonchev–Trinajstić information content (AvgIpc) is 2.08. The van der Waals surface area contributed by atoms with E-state index in [9.17, 15) is 9.59 Å². The molecule has 0 aromatic heterocycles. The molecule has 1 aliphatic rings. The molecule has 5 nitrogen and oxygen atoms in total. The molecule has 1 unspecified atom stereocenters. The lowest BCUT2D eigenvalue weighted by Crippen LogP contribution is -2.42. The van der Waals surface area contributed by atoms with Crippen LogP contribution in [0, 0.1) is 5.92 Å². The van der Waals surface area contributed by atoms with Crippen LogP contribution in [0.25, 0.3) is 0 Å². The van der Waals surface area contributed by atoms with Crippen LogP contribution in [0.15, 0.2) is 0 Å². The third-order valence-corrected chi connectivity index (χ3v) is 2.24. The first-order chi connectivity index (χ1) is 6.15. The number of carbonyl (C=O) groups excluding carboxylic acids is 1. The number of β-amino-alcohol motifs (C(OH)–C–C–N with tert-alkyl or cyclic N) is 1. The van der Waals surface area contributed by atoms with Gasteiger partial charge in [-0.3, -0.25) is 9.59 Å². The van der Waals surface area contributed by atoms with Gasteiger partial charge in [-0.1, -0.05) is 0 Å². The molecular weight excluding hydrogens is 174 g/mol. The lowest BCUT2D eigenvalue weighted by atomic mass is 9.96. The van der Waals surface area contributed by atoms with E-state index in [-0.39, 0.29) is 18.9 Å². The molecule has 2 N–H and O–H groups in total. The van der Waals surface area contributed by atoms with Crippen LogP contribution < -0.4 is 0 Å². The van der Waals surface area contributed by atoms with Crippen molar-refractivity contribution in [2.24, 2.45) is 5.92 Å². The van der Waals surface area contributed by atoms with E-state index >= 15 is 0 Å². The van der Waals surface area contributed by atoms with Crippen molar-refractivity contribution < 1.29 is 19.8 Å². The third kappa shape index (κ3) is 2.42. The molecule has 0 spiro atoms. The Balaban J connectivity index is 2.46. The number of piperidine rings is 1. The predicted molar refractivity (Wildman–Crippen MR) is 44.0 cm³/mol. The van der Waals surface area contributed by atoms with Crippen molar-refractivity contribution in [3.63, 3.8) is 0 Å². The second kappa shape index (κ2) is 4.23. The van der Waals surface area contributed by atoms with Crippen molar-refractivity contribution >= 4 is 11.9 Å². The molecule has 0 radical (unpaired) electrons. The van der Waals surface area contributed by atoms with Gasteiger partial charge in [0.1, 0.15) is 0 Å². The molecule has 74 valence electrons. The summed E-state index contributed by atoms with van der Waals surface area (Å²) in [5.41, 5.74) is 0. The summed E-state index contributed by atoms with van der Waals surface area (Å²) in [4.78, 5) is 23.3. The Labute approximate surface area is 76.0 Å². The average molecular weight is 187 g/mol. The minimum Gasteiger partial charge on any atom is -0.481 e. The molecule has 1 amide bonds. The normalized spacial score (nSPS) is 23.3. The van der Waals surface area contributed by atoms with Crippen LogP contribution in [0.4, 0.5) is 0 Å². The van der Waals surface area contributed by atoms with Crippen LogP contribution in [0.2, 0.25) is 0 Å². The number of nitrogens with zero attached hydrogens (tertiary/aromatic N) is 1. The summed E-state index contributed by atoms with van der Waals surface area (Å²) in [6.07, 6.45) is 0.552. The first-order valence-corrected chi connectivity index (χ1v) is 4.26. The molecule has 0 aliphatic carbocycles. The number of aliphatic hydroxyl groups is 1. The fourth-order valence-electron chi connectivity index (χ4n) is 1.45.